The Labute approximate surface area is 149 Å². The molecule has 2 unspecified atom stereocenters. The van der Waals surface area contributed by atoms with Crippen LogP contribution in [0.3, 0.4) is 0 Å². The zero-order valence-electron chi connectivity index (χ0n) is 14.0. The van der Waals surface area contributed by atoms with Gasteiger partial charge in [0.15, 0.2) is 0 Å². The fraction of sp³-hybridized carbons (Fsp3) is 0.0833. The Balaban J connectivity index is 1.85. The summed E-state index contributed by atoms with van der Waals surface area (Å²) < 4.78 is 0. The van der Waals surface area contributed by atoms with Gasteiger partial charge in [0.2, 0.25) is 0 Å². The lowest BCUT2D eigenvalue weighted by molar-refractivity contribution is 0.688. The van der Waals surface area contributed by atoms with Crippen LogP contribution in [0.5, 0.6) is 0 Å². The van der Waals surface area contributed by atoms with E-state index < -0.39 is 0 Å². The molecule has 1 aliphatic carbocycles. The maximum Gasteiger partial charge on any atom is 0.0345 e. The molecule has 0 spiro atoms. The van der Waals surface area contributed by atoms with Crippen LogP contribution in [0, 0.1) is 0 Å². The van der Waals surface area contributed by atoms with Crippen LogP contribution in [-0.2, 0) is 0 Å². The molecule has 0 bridgehead atoms. The molecule has 0 saturated carbocycles. The SMILES string of the molecule is NC1=C(c2ccccc2)C=CC(c2ccccc2)C1c1ccccc1. The highest BCUT2D eigenvalue weighted by molar-refractivity contribution is 5.79. The zero-order chi connectivity index (χ0) is 17.1. The van der Waals surface area contributed by atoms with Gasteiger partial charge < -0.3 is 5.73 Å². The van der Waals surface area contributed by atoms with Crippen molar-refractivity contribution in [3.05, 3.63) is 126 Å². The van der Waals surface area contributed by atoms with Crippen molar-refractivity contribution in [2.75, 3.05) is 0 Å². The first-order valence-electron chi connectivity index (χ1n) is 8.68. The highest BCUT2D eigenvalue weighted by Crippen LogP contribution is 2.43. The smallest absolute Gasteiger partial charge is 0.0345 e. The maximum atomic E-state index is 6.74. The average molecular weight is 323 g/mol. The summed E-state index contributed by atoms with van der Waals surface area (Å²) in [7, 11) is 0. The lowest BCUT2D eigenvalue weighted by atomic mass is 9.74. The second-order valence-corrected chi connectivity index (χ2v) is 6.42. The van der Waals surface area contributed by atoms with E-state index in [-0.39, 0.29) is 11.8 Å². The Bertz CT molecular complexity index is 893. The second kappa shape index (κ2) is 6.82. The molecule has 2 atom stereocenters. The van der Waals surface area contributed by atoms with E-state index in [2.05, 4.69) is 97.1 Å². The number of rotatable bonds is 3. The Kier molecular flexibility index (Phi) is 4.22. The first-order valence-corrected chi connectivity index (χ1v) is 8.68. The summed E-state index contributed by atoms with van der Waals surface area (Å²) in [5.74, 6) is 0.389. The molecular formula is C24H21N. The number of hydrogen-bond donors (Lipinski definition) is 1. The van der Waals surface area contributed by atoms with Gasteiger partial charge in [0.25, 0.3) is 0 Å². The van der Waals surface area contributed by atoms with Gasteiger partial charge in [-0.3, -0.25) is 0 Å². The van der Waals surface area contributed by atoms with Crippen LogP contribution < -0.4 is 5.73 Å². The molecule has 1 nitrogen and oxygen atoms in total. The molecule has 4 rings (SSSR count). The van der Waals surface area contributed by atoms with Gasteiger partial charge in [-0.2, -0.15) is 0 Å². The van der Waals surface area contributed by atoms with Gasteiger partial charge in [-0.05, 0) is 16.7 Å². The van der Waals surface area contributed by atoms with E-state index in [0.29, 0.717) is 0 Å². The zero-order valence-corrected chi connectivity index (χ0v) is 14.0. The molecular weight excluding hydrogens is 302 g/mol. The minimum absolute atomic E-state index is 0.142. The average Bonchev–Trinajstić information content (AvgIpc) is 2.70. The van der Waals surface area contributed by atoms with E-state index in [0.717, 1.165) is 11.3 Å². The lowest BCUT2D eigenvalue weighted by Gasteiger charge is -2.31. The van der Waals surface area contributed by atoms with Crippen molar-refractivity contribution in [1.29, 1.82) is 0 Å². The van der Waals surface area contributed by atoms with Crippen molar-refractivity contribution in [3.63, 3.8) is 0 Å². The molecule has 0 aliphatic heterocycles. The van der Waals surface area contributed by atoms with E-state index in [1.165, 1.54) is 16.7 Å². The van der Waals surface area contributed by atoms with Crippen molar-refractivity contribution >= 4 is 5.57 Å². The van der Waals surface area contributed by atoms with Gasteiger partial charge in [-0.15, -0.1) is 0 Å². The molecule has 0 fully saturated rings. The predicted octanol–water partition coefficient (Wildman–Crippen LogP) is 5.49. The van der Waals surface area contributed by atoms with Gasteiger partial charge in [0, 0.05) is 23.1 Å². The number of allylic oxidation sites excluding steroid dienone is 4. The minimum Gasteiger partial charge on any atom is -0.401 e. The fourth-order valence-corrected chi connectivity index (χ4v) is 3.67. The quantitative estimate of drug-likeness (QED) is 0.677. The topological polar surface area (TPSA) is 26.0 Å². The predicted molar refractivity (Wildman–Crippen MR) is 105 cm³/mol. The maximum absolute atomic E-state index is 6.74. The fourth-order valence-electron chi connectivity index (χ4n) is 3.67. The summed E-state index contributed by atoms with van der Waals surface area (Å²) in [4.78, 5) is 0. The number of hydrogen-bond acceptors (Lipinski definition) is 1. The largest absolute Gasteiger partial charge is 0.401 e. The highest BCUT2D eigenvalue weighted by Gasteiger charge is 2.29. The molecule has 25 heavy (non-hydrogen) atoms. The molecule has 0 heterocycles. The lowest BCUT2D eigenvalue weighted by Crippen LogP contribution is -2.21. The second-order valence-electron chi connectivity index (χ2n) is 6.42. The normalized spacial score (nSPS) is 19.8. The summed E-state index contributed by atoms with van der Waals surface area (Å²) in [5.41, 5.74) is 12.5. The van der Waals surface area contributed by atoms with Crippen molar-refractivity contribution in [3.8, 4) is 0 Å². The third kappa shape index (κ3) is 3.01. The summed E-state index contributed by atoms with van der Waals surface area (Å²) in [6.45, 7) is 0. The van der Waals surface area contributed by atoms with Crippen LogP contribution in [0.2, 0.25) is 0 Å². The third-order valence-corrected chi connectivity index (χ3v) is 4.90. The molecule has 0 saturated heterocycles. The molecule has 0 radical (unpaired) electrons. The van der Waals surface area contributed by atoms with E-state index in [9.17, 15) is 0 Å². The van der Waals surface area contributed by atoms with Crippen molar-refractivity contribution in [2.24, 2.45) is 5.73 Å². The number of benzene rings is 3. The Morgan fingerprint density at radius 1 is 0.600 bits per heavy atom. The summed E-state index contributed by atoms with van der Waals surface area (Å²) in [5, 5.41) is 0. The van der Waals surface area contributed by atoms with Gasteiger partial charge >= 0.3 is 0 Å². The van der Waals surface area contributed by atoms with Gasteiger partial charge in [-0.25, -0.2) is 0 Å². The van der Waals surface area contributed by atoms with Gasteiger partial charge in [-0.1, -0.05) is 103 Å². The van der Waals surface area contributed by atoms with E-state index in [4.69, 9.17) is 5.73 Å². The van der Waals surface area contributed by atoms with Crippen molar-refractivity contribution in [1.82, 2.24) is 0 Å². The van der Waals surface area contributed by atoms with Crippen LogP contribution in [0.25, 0.3) is 5.57 Å². The van der Waals surface area contributed by atoms with E-state index in [1.54, 1.807) is 0 Å². The minimum atomic E-state index is 0.142. The highest BCUT2D eigenvalue weighted by atomic mass is 14.6. The van der Waals surface area contributed by atoms with E-state index in [1.807, 2.05) is 6.07 Å². The van der Waals surface area contributed by atoms with Crippen LogP contribution in [0.4, 0.5) is 0 Å². The summed E-state index contributed by atoms with van der Waals surface area (Å²) >= 11 is 0. The molecule has 0 aromatic heterocycles. The molecule has 2 N–H and O–H groups in total. The van der Waals surface area contributed by atoms with Crippen LogP contribution in [0.1, 0.15) is 28.5 Å². The molecule has 3 aromatic carbocycles. The van der Waals surface area contributed by atoms with Crippen LogP contribution in [-0.4, -0.2) is 0 Å². The summed E-state index contributed by atoms with van der Waals surface area (Å²) in [6.07, 6.45) is 4.48. The molecule has 1 heteroatoms. The number of nitrogens with two attached hydrogens (primary N) is 1. The molecule has 122 valence electrons. The van der Waals surface area contributed by atoms with Crippen LogP contribution >= 0.6 is 0 Å². The molecule has 1 aliphatic rings. The van der Waals surface area contributed by atoms with Gasteiger partial charge in [0.1, 0.15) is 0 Å². The molecule has 3 aromatic rings. The van der Waals surface area contributed by atoms with Crippen molar-refractivity contribution in [2.45, 2.75) is 11.8 Å². The Hall–Kier alpha value is -3.06. The molecule has 0 amide bonds. The summed E-state index contributed by atoms with van der Waals surface area (Å²) in [6, 6.07) is 31.6. The van der Waals surface area contributed by atoms with Crippen LogP contribution in [0.15, 0.2) is 109 Å². The monoisotopic (exact) mass is 323 g/mol. The van der Waals surface area contributed by atoms with E-state index >= 15 is 0 Å². The first kappa shape index (κ1) is 15.5. The third-order valence-electron chi connectivity index (χ3n) is 4.90. The van der Waals surface area contributed by atoms with Gasteiger partial charge in [0.05, 0.1) is 0 Å². The first-order chi connectivity index (χ1) is 12.3. The van der Waals surface area contributed by atoms with Crippen molar-refractivity contribution < 1.29 is 0 Å². The standard InChI is InChI=1S/C24H21N/c25-24-22(19-12-6-2-7-13-19)17-16-21(18-10-4-1-5-11-18)23(24)20-14-8-3-9-15-20/h1-17,21,23H,25H2. The Morgan fingerprint density at radius 3 is 1.72 bits per heavy atom. The Morgan fingerprint density at radius 2 is 1.12 bits per heavy atom.